The van der Waals surface area contributed by atoms with Crippen molar-refractivity contribution in [3.8, 4) is 11.4 Å². The molecule has 6 heteroatoms. The average Bonchev–Trinajstić information content (AvgIpc) is 2.86. The van der Waals surface area contributed by atoms with E-state index in [4.69, 9.17) is 21.4 Å². The Hall–Kier alpha value is -1.43. The van der Waals surface area contributed by atoms with Crippen LogP contribution in [0.5, 0.6) is 0 Å². The fraction of sp³-hybridized carbons (Fsp3) is 0.500. The van der Waals surface area contributed by atoms with Crippen molar-refractivity contribution in [1.29, 1.82) is 0 Å². The van der Waals surface area contributed by atoms with Gasteiger partial charge in [0.15, 0.2) is 0 Å². The smallest absolute Gasteiger partial charge is 0.106 e. The fourth-order valence-corrected chi connectivity index (χ4v) is 2.92. The van der Waals surface area contributed by atoms with Crippen molar-refractivity contribution in [2.75, 3.05) is 26.3 Å². The highest BCUT2D eigenvalue weighted by Crippen LogP contribution is 2.32. The van der Waals surface area contributed by atoms with Gasteiger partial charge in [-0.15, -0.1) is 0 Å². The van der Waals surface area contributed by atoms with E-state index in [-0.39, 0.29) is 6.04 Å². The summed E-state index contributed by atoms with van der Waals surface area (Å²) in [5, 5.41) is 5.45. The van der Waals surface area contributed by atoms with Gasteiger partial charge >= 0.3 is 0 Å². The maximum Gasteiger partial charge on any atom is 0.106 e. The van der Waals surface area contributed by atoms with Crippen molar-refractivity contribution >= 4 is 11.6 Å². The molecule has 5 nitrogen and oxygen atoms in total. The molecule has 118 valence electrons. The van der Waals surface area contributed by atoms with Gasteiger partial charge in [0.25, 0.3) is 0 Å². The Morgan fingerprint density at radius 1 is 1.27 bits per heavy atom. The second kappa shape index (κ2) is 6.77. The van der Waals surface area contributed by atoms with Crippen LogP contribution in [-0.4, -0.2) is 46.0 Å². The first-order chi connectivity index (χ1) is 10.7. The van der Waals surface area contributed by atoms with Gasteiger partial charge in [0.05, 0.1) is 29.6 Å². The number of halogens is 1. The Kier molecular flexibility index (Phi) is 4.76. The van der Waals surface area contributed by atoms with Crippen molar-refractivity contribution in [1.82, 2.24) is 19.7 Å². The lowest BCUT2D eigenvalue weighted by molar-refractivity contribution is 0.0335. The Morgan fingerprint density at radius 2 is 2.05 bits per heavy atom. The number of hydrogen-bond acceptors (Lipinski definition) is 4. The quantitative estimate of drug-likeness (QED) is 0.868. The van der Waals surface area contributed by atoms with Gasteiger partial charge in [-0.2, -0.15) is 5.10 Å². The van der Waals surface area contributed by atoms with E-state index in [9.17, 15) is 0 Å². The van der Waals surface area contributed by atoms with Crippen molar-refractivity contribution in [3.63, 3.8) is 0 Å². The lowest BCUT2D eigenvalue weighted by Crippen LogP contribution is -2.35. The topological polar surface area (TPSA) is 43.2 Å². The molecule has 0 radical (unpaired) electrons. The molecule has 0 saturated carbocycles. The van der Waals surface area contributed by atoms with E-state index in [1.165, 1.54) is 0 Å². The standard InChI is InChI=1S/C16H21ClN4O/c1-12(2)21-16(13-5-3-4-6-18-13)15(17)14(19-21)11-20-7-9-22-10-8-20/h3-6,12H,7-11H2,1-2H3. The molecule has 1 fully saturated rings. The van der Waals surface area contributed by atoms with Crippen LogP contribution in [0, 0.1) is 0 Å². The monoisotopic (exact) mass is 320 g/mol. The Labute approximate surface area is 135 Å². The van der Waals surface area contributed by atoms with Gasteiger partial charge in [-0.25, -0.2) is 0 Å². The maximum atomic E-state index is 6.65. The second-order valence-corrected chi connectivity index (χ2v) is 6.13. The summed E-state index contributed by atoms with van der Waals surface area (Å²) in [7, 11) is 0. The third-order valence-corrected chi connectivity index (χ3v) is 4.19. The van der Waals surface area contributed by atoms with Crippen LogP contribution in [0.1, 0.15) is 25.6 Å². The van der Waals surface area contributed by atoms with E-state index in [2.05, 4.69) is 23.7 Å². The summed E-state index contributed by atoms with van der Waals surface area (Å²) >= 11 is 6.65. The van der Waals surface area contributed by atoms with Crippen LogP contribution in [0.15, 0.2) is 24.4 Å². The molecule has 0 atom stereocenters. The summed E-state index contributed by atoms with van der Waals surface area (Å²) in [5.74, 6) is 0. The molecule has 0 aliphatic carbocycles. The first-order valence-corrected chi connectivity index (χ1v) is 8.03. The zero-order valence-electron chi connectivity index (χ0n) is 13.0. The van der Waals surface area contributed by atoms with Gasteiger partial charge in [0, 0.05) is 31.9 Å². The van der Waals surface area contributed by atoms with E-state index in [0.29, 0.717) is 5.02 Å². The highest BCUT2D eigenvalue weighted by atomic mass is 35.5. The summed E-state index contributed by atoms with van der Waals surface area (Å²) in [6.45, 7) is 8.35. The van der Waals surface area contributed by atoms with Gasteiger partial charge < -0.3 is 4.74 Å². The predicted molar refractivity (Wildman–Crippen MR) is 86.9 cm³/mol. The second-order valence-electron chi connectivity index (χ2n) is 5.75. The summed E-state index contributed by atoms with van der Waals surface area (Å²) in [6, 6.07) is 6.08. The number of nitrogens with zero attached hydrogens (tertiary/aromatic N) is 4. The van der Waals surface area contributed by atoms with Gasteiger partial charge in [-0.1, -0.05) is 17.7 Å². The van der Waals surface area contributed by atoms with Crippen molar-refractivity contribution in [2.45, 2.75) is 26.4 Å². The molecule has 0 unspecified atom stereocenters. The van der Waals surface area contributed by atoms with Crippen LogP contribution in [0.2, 0.25) is 5.02 Å². The first kappa shape index (κ1) is 15.5. The molecule has 0 amide bonds. The van der Waals surface area contributed by atoms with Crippen molar-refractivity contribution in [3.05, 3.63) is 35.1 Å². The lowest BCUT2D eigenvalue weighted by Gasteiger charge is -2.25. The zero-order chi connectivity index (χ0) is 15.5. The molecular weight excluding hydrogens is 300 g/mol. The van der Waals surface area contributed by atoms with Crippen LogP contribution < -0.4 is 0 Å². The van der Waals surface area contributed by atoms with Gasteiger partial charge in [-0.3, -0.25) is 14.6 Å². The minimum absolute atomic E-state index is 0.230. The largest absolute Gasteiger partial charge is 0.379 e. The fourth-order valence-electron chi connectivity index (χ4n) is 2.64. The number of aromatic nitrogens is 3. The third-order valence-electron chi connectivity index (χ3n) is 3.79. The zero-order valence-corrected chi connectivity index (χ0v) is 13.8. The molecule has 0 bridgehead atoms. The van der Waals surface area contributed by atoms with E-state index in [0.717, 1.165) is 49.9 Å². The summed E-state index contributed by atoms with van der Waals surface area (Å²) in [4.78, 5) is 6.76. The Balaban J connectivity index is 1.95. The molecule has 0 aromatic carbocycles. The molecule has 1 saturated heterocycles. The van der Waals surface area contributed by atoms with Gasteiger partial charge in [0.1, 0.15) is 5.69 Å². The van der Waals surface area contributed by atoms with Crippen molar-refractivity contribution in [2.24, 2.45) is 0 Å². The van der Waals surface area contributed by atoms with E-state index in [1.807, 2.05) is 22.9 Å². The molecule has 3 rings (SSSR count). The summed E-state index contributed by atoms with van der Waals surface area (Å²) < 4.78 is 7.37. The van der Waals surface area contributed by atoms with Crippen molar-refractivity contribution < 1.29 is 4.74 Å². The highest BCUT2D eigenvalue weighted by Gasteiger charge is 2.22. The molecule has 1 aliphatic heterocycles. The molecule has 3 heterocycles. The van der Waals surface area contributed by atoms with Crippen LogP contribution in [-0.2, 0) is 11.3 Å². The molecule has 2 aromatic rings. The normalized spacial score (nSPS) is 16.4. The first-order valence-electron chi connectivity index (χ1n) is 7.65. The summed E-state index contributed by atoms with van der Waals surface area (Å²) in [6.07, 6.45) is 1.78. The molecule has 22 heavy (non-hydrogen) atoms. The molecule has 2 aromatic heterocycles. The number of ether oxygens (including phenoxy) is 1. The minimum atomic E-state index is 0.230. The van der Waals surface area contributed by atoms with Gasteiger partial charge in [-0.05, 0) is 26.0 Å². The highest BCUT2D eigenvalue weighted by molar-refractivity contribution is 6.33. The maximum absolute atomic E-state index is 6.65. The minimum Gasteiger partial charge on any atom is -0.379 e. The summed E-state index contributed by atoms with van der Waals surface area (Å²) in [5.41, 5.74) is 2.68. The van der Waals surface area contributed by atoms with E-state index < -0.39 is 0 Å². The van der Waals surface area contributed by atoms with Crippen LogP contribution in [0.25, 0.3) is 11.4 Å². The Morgan fingerprint density at radius 3 is 2.68 bits per heavy atom. The number of hydrogen-bond donors (Lipinski definition) is 0. The van der Waals surface area contributed by atoms with Gasteiger partial charge in [0.2, 0.25) is 0 Å². The Bertz CT molecular complexity index is 621. The van der Waals surface area contributed by atoms with E-state index >= 15 is 0 Å². The average molecular weight is 321 g/mol. The molecule has 1 aliphatic rings. The number of morpholine rings is 1. The number of rotatable bonds is 4. The van der Waals surface area contributed by atoms with Crippen LogP contribution in [0.3, 0.4) is 0 Å². The van der Waals surface area contributed by atoms with E-state index in [1.54, 1.807) is 6.20 Å². The third kappa shape index (κ3) is 3.16. The van der Waals surface area contributed by atoms with Crippen LogP contribution in [0.4, 0.5) is 0 Å². The number of pyridine rings is 1. The lowest BCUT2D eigenvalue weighted by atomic mass is 10.2. The predicted octanol–water partition coefficient (Wildman–Crippen LogP) is 3.01. The molecule has 0 N–H and O–H groups in total. The van der Waals surface area contributed by atoms with Crippen LogP contribution >= 0.6 is 11.6 Å². The molecule has 0 spiro atoms. The molecular formula is C16H21ClN4O. The SMILES string of the molecule is CC(C)n1nc(CN2CCOCC2)c(Cl)c1-c1ccccn1.